The quantitative estimate of drug-likeness (QED) is 0.474. The standard InChI is InChI=1S/C5H11.CH3.2Ru/c1-5(2,3)4;;;/h1H2,2-4H3;1H3;;/q2*-1;;+2. The van der Waals surface area contributed by atoms with Crippen LogP contribution in [0.3, 0.4) is 0 Å². The van der Waals surface area contributed by atoms with Crippen molar-refractivity contribution >= 4 is 0 Å². The van der Waals surface area contributed by atoms with Crippen molar-refractivity contribution in [3.8, 4) is 0 Å². The Morgan fingerprint density at radius 2 is 1.12 bits per heavy atom. The van der Waals surface area contributed by atoms with Crippen molar-refractivity contribution in [1.29, 1.82) is 0 Å². The van der Waals surface area contributed by atoms with Gasteiger partial charge in [0.2, 0.25) is 0 Å². The van der Waals surface area contributed by atoms with Crippen LogP contribution < -0.4 is 0 Å². The van der Waals surface area contributed by atoms with Gasteiger partial charge in [0.1, 0.15) is 0 Å². The molecule has 0 saturated carbocycles. The van der Waals surface area contributed by atoms with Crippen LogP contribution in [-0.4, -0.2) is 0 Å². The van der Waals surface area contributed by atoms with E-state index in [9.17, 15) is 0 Å². The summed E-state index contributed by atoms with van der Waals surface area (Å²) in [7, 11) is 0. The average Bonchev–Trinajstić information content (AvgIpc) is 0.722. The zero-order valence-corrected chi connectivity index (χ0v) is 9.39. The zero-order chi connectivity index (χ0) is 4.50. The van der Waals surface area contributed by atoms with Crippen LogP contribution in [0.1, 0.15) is 20.8 Å². The summed E-state index contributed by atoms with van der Waals surface area (Å²) in [5.74, 6) is 0. The summed E-state index contributed by atoms with van der Waals surface area (Å²) in [5.41, 5.74) is 0.250. The Morgan fingerprint density at radius 1 is 1.12 bits per heavy atom. The summed E-state index contributed by atoms with van der Waals surface area (Å²) in [4.78, 5) is 0. The maximum absolute atomic E-state index is 3.77. The van der Waals surface area contributed by atoms with Crippen molar-refractivity contribution in [2.45, 2.75) is 20.8 Å². The Bertz CT molecular complexity index is 22.0. The molecule has 0 nitrogen and oxygen atoms in total. The van der Waals surface area contributed by atoms with Crippen LogP contribution in [0, 0.1) is 19.8 Å². The van der Waals surface area contributed by atoms with Gasteiger partial charge in [-0.25, -0.2) is 0 Å². The Labute approximate surface area is 79.3 Å². The Morgan fingerprint density at radius 3 is 1.12 bits per heavy atom. The van der Waals surface area contributed by atoms with Gasteiger partial charge in [0, 0.05) is 19.5 Å². The topological polar surface area (TPSA) is 0 Å². The van der Waals surface area contributed by atoms with Gasteiger partial charge >= 0.3 is 19.5 Å². The molecule has 0 rings (SSSR count). The van der Waals surface area contributed by atoms with Crippen molar-refractivity contribution in [3.05, 3.63) is 14.4 Å². The smallest absolute Gasteiger partial charge is 0.358 e. The van der Waals surface area contributed by atoms with Crippen LogP contribution in [0.25, 0.3) is 0 Å². The fraction of sp³-hybridized carbons (Fsp3) is 0.667. The molecule has 0 atom stereocenters. The van der Waals surface area contributed by atoms with E-state index in [1.807, 2.05) is 0 Å². The van der Waals surface area contributed by atoms with Crippen LogP contribution in [0.2, 0.25) is 0 Å². The van der Waals surface area contributed by atoms with Crippen molar-refractivity contribution in [2.24, 2.45) is 5.41 Å². The Balaban J connectivity index is -0.0000000267. The summed E-state index contributed by atoms with van der Waals surface area (Å²) >= 11 is 0. The molecule has 0 aliphatic carbocycles. The number of hydrogen-bond acceptors (Lipinski definition) is 0. The molecule has 0 unspecified atom stereocenters. The summed E-state index contributed by atoms with van der Waals surface area (Å²) in [6.07, 6.45) is 0. The predicted octanol–water partition coefficient (Wildman–Crippen LogP) is 2.31. The van der Waals surface area contributed by atoms with Crippen molar-refractivity contribution < 1.29 is 39.0 Å². The molecule has 0 spiro atoms. The van der Waals surface area contributed by atoms with E-state index < -0.39 is 0 Å². The molecule has 0 aliphatic rings. The fourth-order valence-electron chi connectivity index (χ4n) is 0. The molecule has 0 radical (unpaired) electrons. The Kier molecular flexibility index (Phi) is 23.5. The van der Waals surface area contributed by atoms with E-state index in [0.29, 0.717) is 0 Å². The van der Waals surface area contributed by atoms with E-state index in [2.05, 4.69) is 27.7 Å². The third-order valence-electron chi connectivity index (χ3n) is 0. The van der Waals surface area contributed by atoms with Crippen molar-refractivity contribution in [2.75, 3.05) is 0 Å². The second-order valence-corrected chi connectivity index (χ2v) is 2.56. The van der Waals surface area contributed by atoms with Gasteiger partial charge in [0.15, 0.2) is 0 Å². The van der Waals surface area contributed by atoms with Gasteiger partial charge in [-0.3, -0.25) is 0 Å². The van der Waals surface area contributed by atoms with Gasteiger partial charge in [-0.15, -0.1) is 0 Å². The van der Waals surface area contributed by atoms with Crippen LogP contribution >= 0.6 is 0 Å². The molecule has 0 amide bonds. The summed E-state index contributed by atoms with van der Waals surface area (Å²) in [6.45, 7) is 10.0. The number of rotatable bonds is 0. The van der Waals surface area contributed by atoms with E-state index in [0.717, 1.165) is 0 Å². The molecule has 0 bridgehead atoms. The molecular formula is C6H14Ru2. The molecule has 0 aliphatic heterocycles. The maximum atomic E-state index is 3.77. The molecule has 0 fully saturated rings. The first-order chi connectivity index (χ1) is 2.00. The summed E-state index contributed by atoms with van der Waals surface area (Å²) in [6, 6.07) is 0. The summed E-state index contributed by atoms with van der Waals surface area (Å²) in [5, 5.41) is 0. The Hall–Kier alpha value is 1.25. The SMILES string of the molecule is [CH2-]C(C)(C)C.[CH3-].[Ru+2].[Ru]. The van der Waals surface area contributed by atoms with Gasteiger partial charge in [0.05, 0.1) is 0 Å². The minimum absolute atomic E-state index is 0. The van der Waals surface area contributed by atoms with Gasteiger partial charge < -0.3 is 14.4 Å². The second kappa shape index (κ2) is 8.25. The average molecular weight is 288 g/mol. The maximum Gasteiger partial charge on any atom is 2.00 e. The van der Waals surface area contributed by atoms with Crippen LogP contribution in [0.15, 0.2) is 0 Å². The minimum Gasteiger partial charge on any atom is -0.358 e. The van der Waals surface area contributed by atoms with Gasteiger partial charge in [-0.2, -0.15) is 5.41 Å². The van der Waals surface area contributed by atoms with E-state index in [4.69, 9.17) is 0 Å². The molecule has 0 aromatic carbocycles. The first-order valence-electron chi connectivity index (χ1n) is 1.85. The van der Waals surface area contributed by atoms with E-state index >= 15 is 0 Å². The number of hydrogen-bond donors (Lipinski definition) is 0. The van der Waals surface area contributed by atoms with Crippen molar-refractivity contribution in [1.82, 2.24) is 0 Å². The van der Waals surface area contributed by atoms with Gasteiger partial charge in [0.25, 0.3) is 0 Å². The monoisotopic (exact) mass is 290 g/mol. The molecule has 0 aromatic rings. The predicted molar refractivity (Wildman–Crippen MR) is 31.2 cm³/mol. The van der Waals surface area contributed by atoms with Crippen LogP contribution in [0.5, 0.6) is 0 Å². The third-order valence-corrected chi connectivity index (χ3v) is 0. The van der Waals surface area contributed by atoms with E-state index in [1.54, 1.807) is 0 Å². The molecule has 8 heavy (non-hydrogen) atoms. The summed E-state index contributed by atoms with van der Waals surface area (Å²) < 4.78 is 0. The second-order valence-electron chi connectivity index (χ2n) is 2.56. The zero-order valence-electron chi connectivity index (χ0n) is 5.91. The largest absolute Gasteiger partial charge is 2.00 e. The molecule has 0 aromatic heterocycles. The molecule has 0 heterocycles. The normalized spacial score (nSPS) is 7.50. The van der Waals surface area contributed by atoms with Crippen LogP contribution in [0.4, 0.5) is 0 Å². The molecule has 2 heteroatoms. The molecular weight excluding hydrogens is 274 g/mol. The van der Waals surface area contributed by atoms with Gasteiger partial charge in [-0.1, -0.05) is 20.8 Å². The molecule has 54 valence electrons. The molecule has 0 N–H and O–H groups in total. The molecule has 0 saturated heterocycles. The fourth-order valence-corrected chi connectivity index (χ4v) is 0. The first-order valence-corrected chi connectivity index (χ1v) is 1.85. The van der Waals surface area contributed by atoms with Gasteiger partial charge in [-0.05, 0) is 0 Å². The van der Waals surface area contributed by atoms with Crippen LogP contribution in [-0.2, 0) is 39.0 Å². The van der Waals surface area contributed by atoms with E-state index in [1.165, 1.54) is 0 Å². The third kappa shape index (κ3) is 182. The first kappa shape index (κ1) is 22.8. The van der Waals surface area contributed by atoms with Crippen molar-refractivity contribution in [3.63, 3.8) is 0 Å². The van der Waals surface area contributed by atoms with E-state index in [-0.39, 0.29) is 51.8 Å². The minimum atomic E-state index is 0.